The van der Waals surface area contributed by atoms with Gasteiger partial charge in [0.15, 0.2) is 0 Å². The Labute approximate surface area is 206 Å². The van der Waals surface area contributed by atoms with Gasteiger partial charge in [-0.1, -0.05) is 36.4 Å². The van der Waals surface area contributed by atoms with Crippen LogP contribution in [0.5, 0.6) is 0 Å². The molecule has 0 saturated carbocycles. The van der Waals surface area contributed by atoms with E-state index in [-0.39, 0.29) is 41.7 Å². The lowest BCUT2D eigenvalue weighted by atomic mass is 10.1. The first-order valence-electron chi connectivity index (χ1n) is 12.2. The van der Waals surface area contributed by atoms with Crippen LogP contribution in [0.25, 0.3) is 10.8 Å². The van der Waals surface area contributed by atoms with Crippen molar-refractivity contribution >= 4 is 32.6 Å². The van der Waals surface area contributed by atoms with Gasteiger partial charge in [0.1, 0.15) is 0 Å². The molecule has 0 aliphatic carbocycles. The first-order chi connectivity index (χ1) is 17.0. The van der Waals surface area contributed by atoms with Crippen molar-refractivity contribution in [2.45, 2.75) is 30.2 Å². The Bertz CT molecular complexity index is 1310. The maximum absolute atomic E-state index is 14.0. The molecule has 3 heterocycles. The number of hydrogen-bond donors (Lipinski definition) is 1. The number of carbonyl (C=O) groups is 1. The molecule has 2 aliphatic heterocycles. The van der Waals surface area contributed by atoms with E-state index >= 15 is 0 Å². The molecular weight excluding hydrogens is 464 g/mol. The molecule has 1 aromatic heterocycles. The van der Waals surface area contributed by atoms with E-state index in [4.69, 9.17) is 0 Å². The molecule has 2 aliphatic rings. The van der Waals surface area contributed by atoms with Crippen LogP contribution < -0.4 is 4.48 Å². The zero-order valence-corrected chi connectivity index (χ0v) is 20.5. The highest BCUT2D eigenvalue weighted by atomic mass is 32.2. The van der Waals surface area contributed by atoms with Crippen LogP contribution in [0.2, 0.25) is 0 Å². The highest BCUT2D eigenvalue weighted by Gasteiger charge is 2.48. The fourth-order valence-electron chi connectivity index (χ4n) is 5.35. The van der Waals surface area contributed by atoms with Gasteiger partial charge in [-0.15, -0.1) is 0 Å². The molecule has 3 aromatic rings. The average molecular weight is 496 g/mol. The number of likely N-dealkylation sites (tertiary alicyclic amines) is 1. The summed E-state index contributed by atoms with van der Waals surface area (Å²) in [6, 6.07) is 17.6. The smallest absolute Gasteiger partial charge is 0.394 e. The van der Waals surface area contributed by atoms with Gasteiger partial charge in [-0.05, 0) is 48.2 Å². The van der Waals surface area contributed by atoms with Crippen LogP contribution in [-0.2, 0) is 10.0 Å². The van der Waals surface area contributed by atoms with E-state index < -0.39 is 16.1 Å². The topological polar surface area (TPSA) is 90.8 Å². The minimum Gasteiger partial charge on any atom is -0.394 e. The van der Waals surface area contributed by atoms with Gasteiger partial charge in [-0.2, -0.15) is 8.79 Å². The van der Waals surface area contributed by atoms with Crippen molar-refractivity contribution in [1.82, 2.24) is 18.7 Å². The first-order valence-corrected chi connectivity index (χ1v) is 13.6. The van der Waals surface area contributed by atoms with Crippen LogP contribution in [0.3, 0.4) is 0 Å². The molecule has 2 amide bonds. The molecule has 9 heteroatoms. The zero-order valence-electron chi connectivity index (χ0n) is 19.7. The number of piperidine rings is 1. The van der Waals surface area contributed by atoms with Gasteiger partial charge in [-0.3, -0.25) is 4.90 Å². The molecule has 0 radical (unpaired) electrons. The minimum atomic E-state index is -3.77. The van der Waals surface area contributed by atoms with Crippen LogP contribution in [0.4, 0.5) is 10.6 Å². The fraction of sp³-hybridized carbons (Fsp3) is 0.385. The number of hydrogen-bond acceptors (Lipinski definition) is 5. The summed E-state index contributed by atoms with van der Waals surface area (Å²) in [7, 11) is -3.77. The van der Waals surface area contributed by atoms with Gasteiger partial charge in [0.2, 0.25) is 15.8 Å². The Hall–Kier alpha value is -2.85. The Kier molecular flexibility index (Phi) is 6.59. The lowest BCUT2D eigenvalue weighted by Crippen LogP contribution is -2.68. The number of quaternary nitrogens is 1. The van der Waals surface area contributed by atoms with Crippen molar-refractivity contribution in [2.75, 3.05) is 39.3 Å². The Balaban J connectivity index is 1.41. The van der Waals surface area contributed by atoms with Crippen molar-refractivity contribution in [3.05, 3.63) is 66.9 Å². The number of benzene rings is 2. The van der Waals surface area contributed by atoms with Crippen LogP contribution >= 0.6 is 0 Å². The summed E-state index contributed by atoms with van der Waals surface area (Å²) in [6.45, 7) is 1.47. The Morgan fingerprint density at radius 1 is 0.971 bits per heavy atom. The lowest BCUT2D eigenvalue weighted by molar-refractivity contribution is 0.0685. The molecule has 0 bridgehead atoms. The zero-order chi connectivity index (χ0) is 24.5. The van der Waals surface area contributed by atoms with Crippen LogP contribution in [0.1, 0.15) is 19.3 Å². The summed E-state index contributed by atoms with van der Waals surface area (Å²) in [4.78, 5) is 20.4. The molecule has 1 N–H and O–H groups in total. The molecule has 35 heavy (non-hydrogen) atoms. The number of pyridine rings is 1. The molecule has 2 fully saturated rings. The minimum absolute atomic E-state index is 0.0552. The quantitative estimate of drug-likeness (QED) is 0.562. The number of aliphatic hydroxyl groups is 1. The molecule has 184 valence electrons. The van der Waals surface area contributed by atoms with Crippen LogP contribution in [-0.4, -0.2) is 79.1 Å². The molecule has 2 saturated heterocycles. The van der Waals surface area contributed by atoms with E-state index in [2.05, 4.69) is 4.98 Å². The summed E-state index contributed by atoms with van der Waals surface area (Å²) >= 11 is 0. The predicted octanol–water partition coefficient (Wildman–Crippen LogP) is 3.21. The summed E-state index contributed by atoms with van der Waals surface area (Å²) in [6.07, 6.45) is 4.61. The molecule has 2 aromatic carbocycles. The number of piperazine rings is 1. The van der Waals surface area contributed by atoms with Gasteiger partial charge >= 0.3 is 6.03 Å². The molecule has 8 nitrogen and oxygen atoms in total. The van der Waals surface area contributed by atoms with Gasteiger partial charge in [-0.25, -0.2) is 18.2 Å². The fourth-order valence-corrected chi connectivity index (χ4v) is 6.86. The molecular formula is C26H31N4O4S+. The number of aromatic nitrogens is 1. The van der Waals surface area contributed by atoms with E-state index in [1.807, 2.05) is 48.5 Å². The number of amides is 2. The third-order valence-corrected chi connectivity index (χ3v) is 9.16. The number of aliphatic hydroxyl groups excluding tert-OH is 1. The number of carbonyl (C=O) groups excluding carboxylic acids is 1. The second kappa shape index (κ2) is 9.66. The lowest BCUT2D eigenvalue weighted by Gasteiger charge is -2.45. The Morgan fingerprint density at radius 2 is 1.71 bits per heavy atom. The largest absolute Gasteiger partial charge is 0.425 e. The summed E-state index contributed by atoms with van der Waals surface area (Å²) in [5.74, 6) is 0.708. The van der Waals surface area contributed by atoms with Crippen molar-refractivity contribution in [3.8, 4) is 0 Å². The summed E-state index contributed by atoms with van der Waals surface area (Å²) < 4.78 is 28.5. The van der Waals surface area contributed by atoms with Gasteiger partial charge in [0.05, 0.1) is 30.6 Å². The van der Waals surface area contributed by atoms with E-state index in [0.29, 0.717) is 18.9 Å². The van der Waals surface area contributed by atoms with E-state index in [1.54, 1.807) is 23.2 Å². The number of nitrogens with zero attached hydrogens (tertiary/aromatic N) is 4. The number of fused-ring (bicyclic) bond motifs is 1. The highest BCUT2D eigenvalue weighted by molar-refractivity contribution is 7.89. The number of rotatable bonds is 4. The number of sulfonamides is 1. The predicted molar refractivity (Wildman–Crippen MR) is 135 cm³/mol. The van der Waals surface area contributed by atoms with Gasteiger partial charge < -0.3 is 5.11 Å². The molecule has 1 unspecified atom stereocenters. The van der Waals surface area contributed by atoms with E-state index in [0.717, 1.165) is 30.0 Å². The van der Waals surface area contributed by atoms with Crippen molar-refractivity contribution < 1.29 is 18.3 Å². The Morgan fingerprint density at radius 3 is 2.43 bits per heavy atom. The van der Waals surface area contributed by atoms with Crippen LogP contribution in [0, 0.1) is 0 Å². The van der Waals surface area contributed by atoms with Crippen LogP contribution in [0.15, 0.2) is 71.8 Å². The summed E-state index contributed by atoms with van der Waals surface area (Å²) in [5, 5.41) is 12.0. The molecule has 0 spiro atoms. The second-order valence-electron chi connectivity index (χ2n) is 9.35. The van der Waals surface area contributed by atoms with E-state index in [1.165, 1.54) is 4.31 Å². The summed E-state index contributed by atoms with van der Waals surface area (Å²) in [5.41, 5.74) is 0. The third-order valence-electron chi connectivity index (χ3n) is 7.29. The monoisotopic (exact) mass is 495 g/mol. The van der Waals surface area contributed by atoms with Crippen molar-refractivity contribution in [1.29, 1.82) is 0 Å². The van der Waals surface area contributed by atoms with Gasteiger partial charge in [0, 0.05) is 31.9 Å². The third kappa shape index (κ3) is 4.33. The maximum atomic E-state index is 14.0. The SMILES string of the molecule is O=C(N1CCN(S(=O)(=O)c2ccc3ccccc3c2)CC1CO)[N+]1(c2ccccn2)CCCCC1. The first kappa shape index (κ1) is 23.9. The van der Waals surface area contributed by atoms with Gasteiger partial charge in [0.25, 0.3) is 0 Å². The van der Waals surface area contributed by atoms with E-state index in [9.17, 15) is 18.3 Å². The van der Waals surface area contributed by atoms with Crippen molar-refractivity contribution in [2.24, 2.45) is 0 Å². The normalized spacial score (nSPS) is 21.2. The molecule has 1 atom stereocenters. The van der Waals surface area contributed by atoms with Crippen molar-refractivity contribution in [3.63, 3.8) is 0 Å². The maximum Gasteiger partial charge on any atom is 0.425 e. The standard InChI is InChI=1S/C26H31N4O4S/c31-20-23-19-28(35(33,34)24-12-11-21-8-2-3-9-22(21)18-24)14-15-29(23)26(32)30(16-6-1-7-17-30)25-10-4-5-13-27-25/h2-5,8-13,18,23,31H,1,6-7,14-17,19-20H2/q+1. The second-order valence-corrected chi connectivity index (χ2v) is 11.3. The molecule has 5 rings (SSSR count). The average Bonchev–Trinajstić information content (AvgIpc) is 2.92. The number of urea groups is 1. The highest BCUT2D eigenvalue weighted by Crippen LogP contribution is 2.31.